The van der Waals surface area contributed by atoms with Gasteiger partial charge in [0.05, 0.1) is 0 Å². The average Bonchev–Trinajstić information content (AvgIpc) is 1.95. The van der Waals surface area contributed by atoms with Gasteiger partial charge in [-0.1, -0.05) is 19.1 Å². The molecule has 1 N–H and O–H groups in total. The van der Waals surface area contributed by atoms with Gasteiger partial charge in [0.25, 0.3) is 0 Å². The molecule has 1 fully saturated rings. The number of hydrogen-bond acceptors (Lipinski definition) is 1. The van der Waals surface area contributed by atoms with Gasteiger partial charge in [-0.3, -0.25) is 0 Å². The van der Waals surface area contributed by atoms with E-state index in [4.69, 9.17) is 0 Å². The van der Waals surface area contributed by atoms with Gasteiger partial charge < -0.3 is 5.32 Å². The highest BCUT2D eigenvalue weighted by Gasteiger charge is 2.34. The Hall–Kier alpha value is -0.300. The van der Waals surface area contributed by atoms with Crippen LogP contribution in [0.5, 0.6) is 0 Å². The van der Waals surface area contributed by atoms with Gasteiger partial charge in [-0.2, -0.15) is 0 Å². The van der Waals surface area contributed by atoms with Crippen molar-refractivity contribution in [3.05, 3.63) is 12.2 Å². The predicted octanol–water partition coefficient (Wildman–Crippen LogP) is 1.81. The van der Waals surface area contributed by atoms with E-state index in [0.29, 0.717) is 0 Å². The summed E-state index contributed by atoms with van der Waals surface area (Å²) in [5, 5.41) is 3.32. The summed E-state index contributed by atoms with van der Waals surface area (Å²) in [5.74, 6) is 1.67. The van der Waals surface area contributed by atoms with E-state index < -0.39 is 0 Å². The first kappa shape index (κ1) is 7.80. The van der Waals surface area contributed by atoms with Crippen molar-refractivity contribution >= 4 is 0 Å². The first-order valence-corrected chi connectivity index (χ1v) is 4.09. The Labute approximate surface area is 63.5 Å². The highest BCUT2D eigenvalue weighted by atomic mass is 14.9. The normalized spacial score (nSPS) is 40.1. The molecule has 0 aliphatic heterocycles. The summed E-state index contributed by atoms with van der Waals surface area (Å²) >= 11 is 0. The number of hydrogen-bond donors (Lipinski definition) is 1. The summed E-state index contributed by atoms with van der Waals surface area (Å²) in [5.41, 5.74) is 0. The lowest BCUT2D eigenvalue weighted by Crippen LogP contribution is -2.46. The largest absolute Gasteiger partial charge is 0.316 e. The molecule has 0 spiro atoms. The van der Waals surface area contributed by atoms with Gasteiger partial charge in [-0.05, 0) is 32.2 Å². The van der Waals surface area contributed by atoms with Crippen LogP contribution in [0.2, 0.25) is 0 Å². The maximum absolute atomic E-state index is 3.32. The molecular weight excluding hydrogens is 122 g/mol. The lowest BCUT2D eigenvalue weighted by Gasteiger charge is -2.41. The molecule has 1 heteroatoms. The van der Waals surface area contributed by atoms with Gasteiger partial charge >= 0.3 is 0 Å². The van der Waals surface area contributed by atoms with Crippen molar-refractivity contribution in [3.63, 3.8) is 0 Å². The fourth-order valence-corrected chi connectivity index (χ4v) is 1.77. The Kier molecular flexibility index (Phi) is 2.50. The van der Waals surface area contributed by atoms with Gasteiger partial charge in [-0.25, -0.2) is 0 Å². The Bertz CT molecular complexity index is 129. The molecular formula is C9H17N. The SMILES string of the molecule is C/C=C/[C@H]1[C@@H](NC)C[C@@H]1C. The zero-order valence-electron chi connectivity index (χ0n) is 7.09. The molecule has 0 amide bonds. The molecule has 1 rings (SSSR count). The molecule has 0 heterocycles. The minimum Gasteiger partial charge on any atom is -0.316 e. The molecule has 0 aromatic heterocycles. The highest BCUT2D eigenvalue weighted by Crippen LogP contribution is 2.34. The zero-order chi connectivity index (χ0) is 7.56. The maximum atomic E-state index is 3.32. The summed E-state index contributed by atoms with van der Waals surface area (Å²) in [6, 6.07) is 0.742. The van der Waals surface area contributed by atoms with Crippen molar-refractivity contribution < 1.29 is 0 Å². The van der Waals surface area contributed by atoms with E-state index in [1.54, 1.807) is 0 Å². The average molecular weight is 139 g/mol. The molecule has 0 unspecified atom stereocenters. The van der Waals surface area contributed by atoms with Crippen LogP contribution < -0.4 is 5.32 Å². The second-order valence-electron chi connectivity index (χ2n) is 3.21. The molecule has 1 aliphatic rings. The fraction of sp³-hybridized carbons (Fsp3) is 0.778. The van der Waals surface area contributed by atoms with Gasteiger partial charge in [0.1, 0.15) is 0 Å². The zero-order valence-corrected chi connectivity index (χ0v) is 7.09. The van der Waals surface area contributed by atoms with E-state index in [1.165, 1.54) is 6.42 Å². The van der Waals surface area contributed by atoms with Crippen LogP contribution in [0.25, 0.3) is 0 Å². The molecule has 1 aliphatic carbocycles. The molecule has 1 saturated carbocycles. The van der Waals surface area contributed by atoms with E-state index in [-0.39, 0.29) is 0 Å². The Morgan fingerprint density at radius 3 is 2.60 bits per heavy atom. The molecule has 10 heavy (non-hydrogen) atoms. The molecule has 0 saturated heterocycles. The summed E-state index contributed by atoms with van der Waals surface area (Å²) in [4.78, 5) is 0. The van der Waals surface area contributed by atoms with E-state index in [0.717, 1.165) is 17.9 Å². The van der Waals surface area contributed by atoms with E-state index in [2.05, 4.69) is 31.3 Å². The van der Waals surface area contributed by atoms with E-state index in [1.807, 2.05) is 7.05 Å². The fourth-order valence-electron chi connectivity index (χ4n) is 1.77. The van der Waals surface area contributed by atoms with Crippen LogP contribution in [-0.4, -0.2) is 13.1 Å². The first-order valence-electron chi connectivity index (χ1n) is 4.09. The molecule has 0 bridgehead atoms. The van der Waals surface area contributed by atoms with Gasteiger partial charge in [0.15, 0.2) is 0 Å². The smallest absolute Gasteiger partial charge is 0.0132 e. The molecule has 0 aromatic rings. The van der Waals surface area contributed by atoms with Crippen LogP contribution >= 0.6 is 0 Å². The van der Waals surface area contributed by atoms with Crippen LogP contribution in [0.4, 0.5) is 0 Å². The van der Waals surface area contributed by atoms with E-state index in [9.17, 15) is 0 Å². The van der Waals surface area contributed by atoms with Gasteiger partial charge in [0.2, 0.25) is 0 Å². The van der Waals surface area contributed by atoms with Crippen molar-refractivity contribution in [1.29, 1.82) is 0 Å². The monoisotopic (exact) mass is 139 g/mol. The lowest BCUT2D eigenvalue weighted by molar-refractivity contribution is 0.173. The molecule has 1 nitrogen and oxygen atoms in total. The molecule has 0 radical (unpaired) electrons. The standard InChI is InChI=1S/C9H17N/c1-4-5-8-7(2)6-9(8)10-3/h4-5,7-10H,6H2,1-3H3/b5-4+/t7-,8+,9-/m0/s1. The Balaban J connectivity index is 2.40. The number of allylic oxidation sites excluding steroid dienone is 1. The predicted molar refractivity (Wildman–Crippen MR) is 44.9 cm³/mol. The van der Waals surface area contributed by atoms with Crippen LogP contribution in [0.3, 0.4) is 0 Å². The Morgan fingerprint density at radius 1 is 1.50 bits per heavy atom. The van der Waals surface area contributed by atoms with Crippen molar-refractivity contribution in [2.45, 2.75) is 26.3 Å². The third-order valence-corrected chi connectivity index (χ3v) is 2.53. The summed E-state index contributed by atoms with van der Waals surface area (Å²) in [6.45, 7) is 4.41. The third kappa shape index (κ3) is 1.24. The summed E-state index contributed by atoms with van der Waals surface area (Å²) in [6.07, 6.45) is 5.81. The van der Waals surface area contributed by atoms with Crippen molar-refractivity contribution in [1.82, 2.24) is 5.32 Å². The van der Waals surface area contributed by atoms with E-state index >= 15 is 0 Å². The quantitative estimate of drug-likeness (QED) is 0.575. The van der Waals surface area contributed by atoms with Crippen LogP contribution in [0.15, 0.2) is 12.2 Å². The first-order chi connectivity index (χ1) is 4.79. The Morgan fingerprint density at radius 2 is 2.20 bits per heavy atom. The lowest BCUT2D eigenvalue weighted by atomic mass is 9.70. The summed E-state index contributed by atoms with van der Waals surface area (Å²) in [7, 11) is 2.05. The molecule has 58 valence electrons. The van der Waals surface area contributed by atoms with Crippen molar-refractivity contribution in [3.8, 4) is 0 Å². The number of rotatable bonds is 2. The van der Waals surface area contributed by atoms with Gasteiger partial charge in [0, 0.05) is 6.04 Å². The van der Waals surface area contributed by atoms with Crippen LogP contribution in [0.1, 0.15) is 20.3 Å². The number of nitrogens with one attached hydrogen (secondary N) is 1. The topological polar surface area (TPSA) is 12.0 Å². The summed E-state index contributed by atoms with van der Waals surface area (Å²) < 4.78 is 0. The molecule has 3 atom stereocenters. The third-order valence-electron chi connectivity index (χ3n) is 2.53. The van der Waals surface area contributed by atoms with Crippen molar-refractivity contribution in [2.75, 3.05) is 7.05 Å². The second-order valence-corrected chi connectivity index (χ2v) is 3.21. The van der Waals surface area contributed by atoms with Crippen LogP contribution in [0, 0.1) is 11.8 Å². The van der Waals surface area contributed by atoms with Crippen LogP contribution in [-0.2, 0) is 0 Å². The minimum absolute atomic E-state index is 0.742. The molecule has 0 aromatic carbocycles. The second kappa shape index (κ2) is 3.20. The maximum Gasteiger partial charge on any atom is 0.0132 e. The van der Waals surface area contributed by atoms with Gasteiger partial charge in [-0.15, -0.1) is 0 Å². The highest BCUT2D eigenvalue weighted by molar-refractivity contribution is 5.02. The minimum atomic E-state index is 0.742. The van der Waals surface area contributed by atoms with Crippen molar-refractivity contribution in [2.24, 2.45) is 11.8 Å².